The molecule has 0 N–H and O–H groups in total. The molecule has 0 amide bonds. The molecule has 2 bridgehead atoms. The van der Waals surface area contributed by atoms with Gasteiger partial charge in [0, 0.05) is 17.9 Å². The average Bonchev–Trinajstić information content (AvgIpc) is 2.91. The molecule has 17 heavy (non-hydrogen) atoms. The third-order valence-electron chi connectivity index (χ3n) is 3.75. The number of carbonyl (C=O) groups excluding carboxylic acids is 2. The van der Waals surface area contributed by atoms with Crippen LogP contribution < -0.4 is 0 Å². The van der Waals surface area contributed by atoms with Crippen molar-refractivity contribution in [3.05, 3.63) is 12.2 Å². The number of esters is 2. The molecule has 5 unspecified atom stereocenters. The van der Waals surface area contributed by atoms with Crippen molar-refractivity contribution < 1.29 is 23.8 Å². The summed E-state index contributed by atoms with van der Waals surface area (Å²) in [7, 11) is 0. The first kappa shape index (κ1) is 10.8. The first-order valence-corrected chi connectivity index (χ1v) is 5.76. The molecule has 3 fully saturated rings. The number of carbonyl (C=O) groups is 2. The molecule has 0 aromatic carbocycles. The Hall–Kier alpha value is -1.36. The fourth-order valence-corrected chi connectivity index (χ4v) is 2.92. The van der Waals surface area contributed by atoms with E-state index in [1.165, 1.54) is 0 Å². The molecule has 3 aliphatic rings. The summed E-state index contributed by atoms with van der Waals surface area (Å²) in [4.78, 5) is 23.0. The van der Waals surface area contributed by atoms with Gasteiger partial charge in [-0.05, 0) is 6.92 Å². The zero-order chi connectivity index (χ0) is 12.2. The fourth-order valence-electron chi connectivity index (χ4n) is 2.92. The standard InChI is InChI=1S/C12H14O5/c1-5(2)11(13)17-8-3-7-6-4-15-12(14)9(6)10(8)16-7/h6-10H,1,3-4H2,2H3. The maximum Gasteiger partial charge on any atom is 0.333 e. The SMILES string of the molecule is C=C(C)C(=O)OC1CC2OC1C1C(=O)OCC21. The van der Waals surface area contributed by atoms with E-state index in [9.17, 15) is 9.59 Å². The highest BCUT2D eigenvalue weighted by Crippen LogP contribution is 2.48. The minimum absolute atomic E-state index is 0.0145. The molecule has 5 atom stereocenters. The van der Waals surface area contributed by atoms with Crippen LogP contribution in [0.5, 0.6) is 0 Å². The summed E-state index contributed by atoms with van der Waals surface area (Å²) in [5.41, 5.74) is 0.360. The van der Waals surface area contributed by atoms with Crippen molar-refractivity contribution in [1.82, 2.24) is 0 Å². The summed E-state index contributed by atoms with van der Waals surface area (Å²) in [5, 5.41) is 0. The predicted octanol–water partition coefficient (Wildman–Crippen LogP) is 0.435. The molecule has 3 rings (SSSR count). The average molecular weight is 238 g/mol. The zero-order valence-corrected chi connectivity index (χ0v) is 9.55. The van der Waals surface area contributed by atoms with Crippen LogP contribution in [0.25, 0.3) is 0 Å². The van der Waals surface area contributed by atoms with Crippen molar-refractivity contribution in [2.45, 2.75) is 31.7 Å². The second kappa shape index (κ2) is 3.57. The van der Waals surface area contributed by atoms with Gasteiger partial charge in [0.1, 0.15) is 12.2 Å². The van der Waals surface area contributed by atoms with Gasteiger partial charge in [0.25, 0.3) is 0 Å². The molecule has 3 heterocycles. The Balaban J connectivity index is 1.73. The first-order chi connectivity index (χ1) is 8.08. The van der Waals surface area contributed by atoms with E-state index in [-0.39, 0.29) is 36.1 Å². The Morgan fingerprint density at radius 2 is 2.29 bits per heavy atom. The van der Waals surface area contributed by atoms with Gasteiger partial charge in [0.05, 0.1) is 18.6 Å². The summed E-state index contributed by atoms with van der Waals surface area (Å²) in [6, 6.07) is 0. The van der Waals surface area contributed by atoms with Gasteiger partial charge in [0.15, 0.2) is 0 Å². The molecule has 5 nitrogen and oxygen atoms in total. The number of ether oxygens (including phenoxy) is 3. The van der Waals surface area contributed by atoms with Crippen LogP contribution in [0.2, 0.25) is 0 Å². The lowest BCUT2D eigenvalue weighted by molar-refractivity contribution is -0.153. The summed E-state index contributed by atoms with van der Waals surface area (Å²) in [5.74, 6) is -0.753. The number of cyclic esters (lactones) is 1. The van der Waals surface area contributed by atoms with Crippen molar-refractivity contribution >= 4 is 11.9 Å². The van der Waals surface area contributed by atoms with Crippen LogP contribution in [0, 0.1) is 11.8 Å². The number of hydrogen-bond donors (Lipinski definition) is 0. The van der Waals surface area contributed by atoms with E-state index < -0.39 is 5.97 Å². The van der Waals surface area contributed by atoms with E-state index in [0.29, 0.717) is 18.6 Å². The van der Waals surface area contributed by atoms with Gasteiger partial charge in [-0.3, -0.25) is 4.79 Å². The van der Waals surface area contributed by atoms with Crippen molar-refractivity contribution in [2.24, 2.45) is 11.8 Å². The van der Waals surface area contributed by atoms with E-state index >= 15 is 0 Å². The molecule has 0 aromatic heterocycles. The van der Waals surface area contributed by atoms with Gasteiger partial charge >= 0.3 is 11.9 Å². The summed E-state index contributed by atoms with van der Waals surface area (Å²) in [6.07, 6.45) is -0.0274. The molecule has 0 radical (unpaired) electrons. The van der Waals surface area contributed by atoms with Crippen LogP contribution in [0.15, 0.2) is 12.2 Å². The molecule has 0 aromatic rings. The van der Waals surface area contributed by atoms with E-state index in [0.717, 1.165) is 0 Å². The molecule has 3 aliphatic heterocycles. The number of hydrogen-bond acceptors (Lipinski definition) is 5. The quantitative estimate of drug-likeness (QED) is 0.516. The maximum absolute atomic E-state index is 11.6. The van der Waals surface area contributed by atoms with Crippen LogP contribution in [0.4, 0.5) is 0 Å². The van der Waals surface area contributed by atoms with Crippen molar-refractivity contribution in [3.63, 3.8) is 0 Å². The first-order valence-electron chi connectivity index (χ1n) is 5.76. The number of fused-ring (bicyclic) bond motifs is 5. The van der Waals surface area contributed by atoms with Crippen molar-refractivity contribution in [3.8, 4) is 0 Å². The molecule has 0 saturated carbocycles. The van der Waals surface area contributed by atoms with Gasteiger partial charge in [-0.25, -0.2) is 4.79 Å². The fraction of sp³-hybridized carbons (Fsp3) is 0.667. The summed E-state index contributed by atoms with van der Waals surface area (Å²) < 4.78 is 16.0. The molecule has 5 heteroatoms. The van der Waals surface area contributed by atoms with Crippen LogP contribution >= 0.6 is 0 Å². The second-order valence-corrected chi connectivity index (χ2v) is 4.92. The van der Waals surface area contributed by atoms with E-state index in [4.69, 9.17) is 14.2 Å². The zero-order valence-electron chi connectivity index (χ0n) is 9.55. The topological polar surface area (TPSA) is 61.8 Å². The lowest BCUT2D eigenvalue weighted by atomic mass is 9.80. The number of rotatable bonds is 2. The molecule has 0 aliphatic carbocycles. The van der Waals surface area contributed by atoms with Crippen LogP contribution in [0.3, 0.4) is 0 Å². The monoisotopic (exact) mass is 238 g/mol. The van der Waals surface area contributed by atoms with Crippen LogP contribution in [-0.2, 0) is 23.8 Å². The van der Waals surface area contributed by atoms with Crippen molar-refractivity contribution in [2.75, 3.05) is 6.61 Å². The maximum atomic E-state index is 11.6. The van der Waals surface area contributed by atoms with Crippen LogP contribution in [-0.4, -0.2) is 36.9 Å². The van der Waals surface area contributed by atoms with Gasteiger partial charge in [-0.15, -0.1) is 0 Å². The Labute approximate surface area is 98.7 Å². The van der Waals surface area contributed by atoms with E-state index in [1.54, 1.807) is 6.92 Å². The third-order valence-corrected chi connectivity index (χ3v) is 3.75. The van der Waals surface area contributed by atoms with Crippen molar-refractivity contribution in [1.29, 1.82) is 0 Å². The van der Waals surface area contributed by atoms with E-state index in [1.807, 2.05) is 0 Å². The Morgan fingerprint density at radius 1 is 1.53 bits per heavy atom. The smallest absolute Gasteiger partial charge is 0.333 e. The Bertz CT molecular complexity index is 402. The summed E-state index contributed by atoms with van der Waals surface area (Å²) >= 11 is 0. The van der Waals surface area contributed by atoms with Gasteiger partial charge in [0.2, 0.25) is 0 Å². The highest BCUT2D eigenvalue weighted by Gasteiger charge is 2.61. The Morgan fingerprint density at radius 3 is 3.00 bits per heavy atom. The second-order valence-electron chi connectivity index (χ2n) is 4.92. The lowest BCUT2D eigenvalue weighted by Crippen LogP contribution is -2.40. The predicted molar refractivity (Wildman–Crippen MR) is 55.9 cm³/mol. The molecule has 3 saturated heterocycles. The molecule has 92 valence electrons. The van der Waals surface area contributed by atoms with Gasteiger partial charge < -0.3 is 14.2 Å². The van der Waals surface area contributed by atoms with Crippen LogP contribution in [0.1, 0.15) is 13.3 Å². The normalized spacial score (nSPS) is 42.2. The molecule has 0 spiro atoms. The van der Waals surface area contributed by atoms with Gasteiger partial charge in [-0.1, -0.05) is 6.58 Å². The lowest BCUT2D eigenvalue weighted by Gasteiger charge is -2.24. The molecular formula is C12H14O5. The van der Waals surface area contributed by atoms with E-state index in [2.05, 4.69) is 6.58 Å². The Kier molecular flexibility index (Phi) is 2.26. The summed E-state index contributed by atoms with van der Waals surface area (Å²) in [6.45, 7) is 5.57. The third kappa shape index (κ3) is 1.49. The highest BCUT2D eigenvalue weighted by atomic mass is 16.6. The molecular weight excluding hydrogens is 224 g/mol. The van der Waals surface area contributed by atoms with Gasteiger partial charge in [-0.2, -0.15) is 0 Å². The minimum Gasteiger partial charge on any atom is -0.465 e. The minimum atomic E-state index is -0.422. The highest BCUT2D eigenvalue weighted by molar-refractivity contribution is 5.87. The largest absolute Gasteiger partial charge is 0.465 e.